The van der Waals surface area contributed by atoms with Gasteiger partial charge in [0.15, 0.2) is 0 Å². The van der Waals surface area contributed by atoms with Crippen molar-refractivity contribution in [2.45, 2.75) is 32.7 Å². The molecule has 44 heavy (non-hydrogen) atoms. The van der Waals surface area contributed by atoms with Crippen LogP contribution in [0.15, 0.2) is 89.5 Å². The van der Waals surface area contributed by atoms with Gasteiger partial charge in [-0.3, -0.25) is 24.1 Å². The number of rotatable bonds is 4. The lowest BCUT2D eigenvalue weighted by Crippen LogP contribution is -2.51. The molecule has 3 aromatic rings. The van der Waals surface area contributed by atoms with Crippen molar-refractivity contribution in [3.63, 3.8) is 0 Å². The SMILES string of the molecule is C[C@@]12C(=O)N(c3ccccc3)C(=O)[C@@H]1C[C@@H]1C(=CC[C@@H]3C(=O)N(Cc4cccs4)C(=O)[C@@H]31)[C@@H]2C1=COc2ccc(O)cc2C1. The summed E-state index contributed by atoms with van der Waals surface area (Å²) in [5, 5.41) is 12.1. The molecule has 6 atom stereocenters. The zero-order valence-corrected chi connectivity index (χ0v) is 24.8. The van der Waals surface area contributed by atoms with Crippen LogP contribution < -0.4 is 9.64 Å². The summed E-state index contributed by atoms with van der Waals surface area (Å²) in [7, 11) is 0. The molecule has 0 bridgehead atoms. The second-order valence-electron chi connectivity index (χ2n) is 12.6. The molecule has 1 aromatic heterocycles. The van der Waals surface area contributed by atoms with Crippen molar-refractivity contribution in [2.75, 3.05) is 4.90 Å². The fraction of sp³-hybridized carbons (Fsp3) is 0.314. The van der Waals surface area contributed by atoms with Crippen LogP contribution in [0.3, 0.4) is 0 Å². The number of para-hydroxylation sites is 1. The fourth-order valence-corrected chi connectivity index (χ4v) is 9.14. The Balaban J connectivity index is 1.24. The first kappa shape index (κ1) is 27.1. The van der Waals surface area contributed by atoms with Gasteiger partial charge in [0.1, 0.15) is 11.5 Å². The molecule has 2 aromatic carbocycles. The Hall–Kier alpha value is -4.50. The third-order valence-corrected chi connectivity index (χ3v) is 11.3. The molecule has 0 radical (unpaired) electrons. The van der Waals surface area contributed by atoms with Gasteiger partial charge >= 0.3 is 0 Å². The minimum Gasteiger partial charge on any atom is -0.508 e. The van der Waals surface area contributed by atoms with Crippen molar-refractivity contribution in [1.29, 1.82) is 0 Å². The van der Waals surface area contributed by atoms with E-state index in [4.69, 9.17) is 4.74 Å². The molecule has 1 saturated carbocycles. The highest BCUT2D eigenvalue weighted by Crippen LogP contribution is 2.63. The first-order valence-electron chi connectivity index (χ1n) is 15.0. The first-order chi connectivity index (χ1) is 21.3. The number of hydrogen-bond acceptors (Lipinski definition) is 7. The number of ether oxygens (including phenoxy) is 1. The van der Waals surface area contributed by atoms with Crippen molar-refractivity contribution in [3.8, 4) is 11.5 Å². The summed E-state index contributed by atoms with van der Waals surface area (Å²) in [6.07, 6.45) is 4.86. The van der Waals surface area contributed by atoms with Crippen LogP contribution in [0.1, 0.15) is 30.2 Å². The predicted molar refractivity (Wildman–Crippen MR) is 162 cm³/mol. The molecule has 2 aliphatic carbocycles. The number of hydrogen-bond donors (Lipinski definition) is 1. The molecule has 0 unspecified atom stereocenters. The van der Waals surface area contributed by atoms with Crippen LogP contribution in [0.2, 0.25) is 0 Å². The highest BCUT2D eigenvalue weighted by atomic mass is 32.1. The Morgan fingerprint density at radius 1 is 0.977 bits per heavy atom. The van der Waals surface area contributed by atoms with Crippen LogP contribution in [0.25, 0.3) is 0 Å². The summed E-state index contributed by atoms with van der Waals surface area (Å²) in [5.74, 6) is -2.87. The zero-order valence-electron chi connectivity index (χ0n) is 24.0. The molecular weight excluding hydrogens is 576 g/mol. The third-order valence-electron chi connectivity index (χ3n) is 10.4. The van der Waals surface area contributed by atoms with Crippen LogP contribution >= 0.6 is 11.3 Å². The van der Waals surface area contributed by atoms with Crippen LogP contribution in [0, 0.1) is 35.0 Å². The maximum atomic E-state index is 14.5. The van der Waals surface area contributed by atoms with E-state index in [2.05, 4.69) is 6.08 Å². The van der Waals surface area contributed by atoms with Crippen LogP contribution in [-0.4, -0.2) is 33.6 Å². The highest BCUT2D eigenvalue weighted by molar-refractivity contribution is 7.09. The number of amides is 4. The van der Waals surface area contributed by atoms with E-state index in [0.29, 0.717) is 30.7 Å². The van der Waals surface area contributed by atoms with Gasteiger partial charge in [-0.1, -0.05) is 35.9 Å². The number of thiophene rings is 1. The molecule has 4 amide bonds. The lowest BCUT2D eigenvalue weighted by molar-refractivity contribution is -0.141. The summed E-state index contributed by atoms with van der Waals surface area (Å²) in [6, 6.07) is 17.7. The Labute approximate surface area is 258 Å². The van der Waals surface area contributed by atoms with E-state index in [1.807, 2.05) is 30.5 Å². The molecule has 3 aliphatic heterocycles. The molecule has 4 heterocycles. The number of anilines is 1. The number of carbonyl (C=O) groups excluding carboxylic acids is 4. The largest absolute Gasteiger partial charge is 0.508 e. The van der Waals surface area contributed by atoms with Gasteiger partial charge in [-0.2, -0.15) is 0 Å². The Kier molecular flexibility index (Phi) is 6.00. The summed E-state index contributed by atoms with van der Waals surface area (Å²) in [4.78, 5) is 60.1. The molecule has 5 aliphatic rings. The lowest BCUT2D eigenvalue weighted by Gasteiger charge is -2.49. The average Bonchev–Trinajstić information content (AvgIpc) is 3.68. The number of allylic oxidation sites excluding steroid dienone is 3. The van der Waals surface area contributed by atoms with E-state index < -0.39 is 29.1 Å². The summed E-state index contributed by atoms with van der Waals surface area (Å²) in [5.41, 5.74) is 1.91. The average molecular weight is 607 g/mol. The van der Waals surface area contributed by atoms with Crippen LogP contribution in [0.5, 0.6) is 11.5 Å². The number of imide groups is 2. The number of phenols is 1. The van der Waals surface area contributed by atoms with Crippen molar-refractivity contribution in [2.24, 2.45) is 35.0 Å². The minimum atomic E-state index is -1.13. The molecule has 1 N–H and O–H groups in total. The van der Waals surface area contributed by atoms with E-state index >= 15 is 0 Å². The number of carbonyl (C=O) groups is 4. The van der Waals surface area contributed by atoms with Crippen LogP contribution in [-0.2, 0) is 32.1 Å². The quantitative estimate of drug-likeness (QED) is 0.322. The van der Waals surface area contributed by atoms with E-state index in [9.17, 15) is 24.3 Å². The number of benzene rings is 2. The smallest absolute Gasteiger partial charge is 0.241 e. The summed E-state index contributed by atoms with van der Waals surface area (Å²) in [6.45, 7) is 2.12. The number of phenolic OH excluding ortho intramolecular Hbond substituents is 1. The first-order valence-corrected chi connectivity index (χ1v) is 15.8. The van der Waals surface area contributed by atoms with Crippen molar-refractivity contribution < 1.29 is 29.0 Å². The van der Waals surface area contributed by atoms with E-state index in [1.165, 1.54) is 21.1 Å². The van der Waals surface area contributed by atoms with Crippen molar-refractivity contribution >= 4 is 40.7 Å². The van der Waals surface area contributed by atoms with Gasteiger partial charge < -0.3 is 9.84 Å². The van der Waals surface area contributed by atoms with Gasteiger partial charge in [-0.25, -0.2) is 4.90 Å². The Morgan fingerprint density at radius 3 is 2.57 bits per heavy atom. The Bertz CT molecular complexity index is 1800. The standard InChI is InChI=1S/C35H30N2O6S/c1-35-27(32(40)37(34(35)42)21-6-3-2-4-7-21)16-26-24(30(35)20-14-19-15-22(38)9-12-28(19)43-18-20)10-11-25-29(26)33(41)36(31(25)39)17-23-8-5-13-44-23/h2-10,12-13,15,18,25-27,29-30,38H,11,14,16-17H2,1H3/t25-,26+,27-,29-,30-,35+/m0/s1. The molecular formula is C35H30N2O6S. The van der Waals surface area contributed by atoms with Crippen LogP contribution in [0.4, 0.5) is 5.69 Å². The van der Waals surface area contributed by atoms with Gasteiger partial charge in [-0.05, 0) is 73.0 Å². The van der Waals surface area contributed by atoms with Gasteiger partial charge in [0.05, 0.1) is 41.7 Å². The molecule has 8 rings (SSSR count). The fourth-order valence-electron chi connectivity index (χ4n) is 8.45. The number of aromatic hydroxyl groups is 1. The second-order valence-corrected chi connectivity index (χ2v) is 13.7. The van der Waals surface area contributed by atoms with E-state index in [0.717, 1.165) is 21.6 Å². The van der Waals surface area contributed by atoms with Gasteiger partial charge in [-0.15, -0.1) is 11.3 Å². The highest BCUT2D eigenvalue weighted by Gasteiger charge is 2.68. The molecule has 0 spiro atoms. The topological polar surface area (TPSA) is 104 Å². The zero-order chi connectivity index (χ0) is 30.3. The van der Waals surface area contributed by atoms with Gasteiger partial charge in [0.25, 0.3) is 0 Å². The maximum absolute atomic E-state index is 14.5. The molecule has 222 valence electrons. The maximum Gasteiger partial charge on any atom is 0.241 e. The third kappa shape index (κ3) is 3.75. The number of likely N-dealkylation sites (tertiary alicyclic amines) is 1. The monoisotopic (exact) mass is 606 g/mol. The van der Waals surface area contributed by atoms with Gasteiger partial charge in [0, 0.05) is 22.8 Å². The second kappa shape index (κ2) is 9.75. The number of nitrogens with zero attached hydrogens (tertiary/aromatic N) is 2. The summed E-state index contributed by atoms with van der Waals surface area (Å²) < 4.78 is 6.05. The Morgan fingerprint density at radius 2 is 1.80 bits per heavy atom. The van der Waals surface area contributed by atoms with Crippen molar-refractivity contribution in [3.05, 3.63) is 100.0 Å². The molecule has 8 nitrogen and oxygen atoms in total. The minimum absolute atomic E-state index is 0.113. The summed E-state index contributed by atoms with van der Waals surface area (Å²) >= 11 is 1.51. The molecule has 2 saturated heterocycles. The van der Waals surface area contributed by atoms with Gasteiger partial charge in [0.2, 0.25) is 23.6 Å². The predicted octanol–water partition coefficient (Wildman–Crippen LogP) is 5.24. The number of fused-ring (bicyclic) bond motifs is 5. The van der Waals surface area contributed by atoms with E-state index in [-0.39, 0.29) is 41.8 Å². The lowest BCUT2D eigenvalue weighted by atomic mass is 9.51. The van der Waals surface area contributed by atoms with Crippen molar-refractivity contribution in [1.82, 2.24) is 4.90 Å². The molecule has 3 fully saturated rings. The normalized spacial score (nSPS) is 30.7. The molecule has 9 heteroatoms. The van der Waals surface area contributed by atoms with E-state index in [1.54, 1.807) is 48.7 Å².